The summed E-state index contributed by atoms with van der Waals surface area (Å²) in [5.74, 6) is 0. The molecule has 1 aromatic heterocycles. The van der Waals surface area contributed by atoms with Gasteiger partial charge in [0.1, 0.15) is 5.60 Å². The molecule has 0 atom stereocenters. The molecule has 0 aliphatic heterocycles. The highest BCUT2D eigenvalue weighted by Gasteiger charge is 2.21. The van der Waals surface area contributed by atoms with Gasteiger partial charge in [-0.25, -0.2) is 4.79 Å². The van der Waals surface area contributed by atoms with Crippen molar-refractivity contribution in [3.05, 3.63) is 27.1 Å². The summed E-state index contributed by atoms with van der Waals surface area (Å²) in [6, 6.07) is 1.56. The molecule has 0 fully saturated rings. The number of nitro groups is 1. The summed E-state index contributed by atoms with van der Waals surface area (Å²) in [4.78, 5) is 24.0. The maximum atomic E-state index is 12.1. The molecular weight excluding hydrogens is 318 g/mol. The monoisotopic (exact) mass is 343 g/mol. The number of hydrogen-bond donors (Lipinski definition) is 1. The van der Waals surface area contributed by atoms with E-state index >= 15 is 0 Å². The van der Waals surface area contributed by atoms with Crippen LogP contribution in [0, 0.1) is 10.1 Å². The third-order valence-electron chi connectivity index (χ3n) is 2.85. The SMILES string of the molecule is CCCN(CCNCc1csc([N+](=O)[O-])c1)C(=O)OC(C)(C)C. The summed E-state index contributed by atoms with van der Waals surface area (Å²) in [5.41, 5.74) is 0.368. The van der Waals surface area contributed by atoms with Crippen molar-refractivity contribution in [1.82, 2.24) is 10.2 Å². The summed E-state index contributed by atoms with van der Waals surface area (Å²) in [6.07, 6.45) is 0.544. The topological polar surface area (TPSA) is 84.7 Å². The molecule has 130 valence electrons. The first-order chi connectivity index (χ1) is 10.7. The molecule has 0 bridgehead atoms. The van der Waals surface area contributed by atoms with Crippen molar-refractivity contribution in [2.24, 2.45) is 0 Å². The van der Waals surface area contributed by atoms with E-state index in [1.54, 1.807) is 16.3 Å². The molecule has 1 heterocycles. The minimum absolute atomic E-state index is 0.142. The van der Waals surface area contributed by atoms with E-state index in [4.69, 9.17) is 4.74 Å². The normalized spacial score (nSPS) is 11.3. The lowest BCUT2D eigenvalue weighted by Crippen LogP contribution is -2.40. The lowest BCUT2D eigenvalue weighted by molar-refractivity contribution is -0.380. The van der Waals surface area contributed by atoms with E-state index in [0.717, 1.165) is 23.3 Å². The molecule has 0 radical (unpaired) electrons. The van der Waals surface area contributed by atoms with Crippen molar-refractivity contribution < 1.29 is 14.5 Å². The molecule has 23 heavy (non-hydrogen) atoms. The summed E-state index contributed by atoms with van der Waals surface area (Å²) < 4.78 is 5.38. The molecule has 8 heteroatoms. The van der Waals surface area contributed by atoms with Gasteiger partial charge in [-0.15, -0.1) is 0 Å². The Morgan fingerprint density at radius 2 is 2.13 bits per heavy atom. The standard InChI is InChI=1S/C15H25N3O4S/c1-5-7-17(14(19)22-15(2,3)4)8-6-16-10-12-9-13(18(20)21)23-11-12/h9,11,16H,5-8,10H2,1-4H3. The molecule has 0 aromatic carbocycles. The number of carbonyl (C=O) groups is 1. The van der Waals surface area contributed by atoms with Crippen molar-refractivity contribution in [2.45, 2.75) is 46.3 Å². The van der Waals surface area contributed by atoms with E-state index in [1.807, 2.05) is 27.7 Å². The Morgan fingerprint density at radius 1 is 1.43 bits per heavy atom. The number of rotatable bonds is 8. The van der Waals surface area contributed by atoms with E-state index in [9.17, 15) is 14.9 Å². The van der Waals surface area contributed by atoms with Gasteiger partial charge in [-0.05, 0) is 32.8 Å². The van der Waals surface area contributed by atoms with Crippen LogP contribution < -0.4 is 5.32 Å². The fourth-order valence-corrected chi connectivity index (χ4v) is 2.62. The van der Waals surface area contributed by atoms with E-state index in [-0.39, 0.29) is 16.0 Å². The fourth-order valence-electron chi connectivity index (χ4n) is 1.89. The maximum absolute atomic E-state index is 12.1. The van der Waals surface area contributed by atoms with E-state index in [0.29, 0.717) is 26.2 Å². The summed E-state index contributed by atoms with van der Waals surface area (Å²) >= 11 is 1.12. The van der Waals surface area contributed by atoms with Gasteiger partial charge in [-0.3, -0.25) is 10.1 Å². The van der Waals surface area contributed by atoms with Crippen molar-refractivity contribution in [3.8, 4) is 0 Å². The van der Waals surface area contributed by atoms with Crippen molar-refractivity contribution in [1.29, 1.82) is 0 Å². The van der Waals surface area contributed by atoms with Gasteiger partial charge in [0.25, 0.3) is 0 Å². The summed E-state index contributed by atoms with van der Waals surface area (Å²) in [7, 11) is 0. The number of carbonyl (C=O) groups excluding carboxylic acids is 1. The van der Waals surface area contributed by atoms with Crippen LogP contribution in [-0.4, -0.2) is 41.2 Å². The third-order valence-corrected chi connectivity index (χ3v) is 3.78. The number of nitrogens with zero attached hydrogens (tertiary/aromatic N) is 2. The summed E-state index contributed by atoms with van der Waals surface area (Å²) in [5, 5.41) is 15.7. The number of amides is 1. The Labute approximate surface area is 140 Å². The Balaban J connectivity index is 2.40. The molecule has 0 aliphatic carbocycles. The van der Waals surface area contributed by atoms with Crippen LogP contribution in [0.1, 0.15) is 39.7 Å². The van der Waals surface area contributed by atoms with Crippen molar-refractivity contribution >= 4 is 22.4 Å². The van der Waals surface area contributed by atoms with E-state index in [1.165, 1.54) is 0 Å². The molecule has 1 aromatic rings. The van der Waals surface area contributed by atoms with Crippen LogP contribution in [0.15, 0.2) is 11.4 Å². The second-order valence-corrected chi connectivity index (χ2v) is 7.08. The lowest BCUT2D eigenvalue weighted by atomic mass is 10.2. The number of hydrogen-bond acceptors (Lipinski definition) is 6. The molecule has 0 saturated carbocycles. The van der Waals surface area contributed by atoms with Gasteiger partial charge in [0.2, 0.25) is 0 Å². The highest BCUT2D eigenvalue weighted by atomic mass is 32.1. The summed E-state index contributed by atoms with van der Waals surface area (Å²) in [6.45, 7) is 9.86. The van der Waals surface area contributed by atoms with Crippen molar-refractivity contribution in [2.75, 3.05) is 19.6 Å². The van der Waals surface area contributed by atoms with Crippen LogP contribution in [0.5, 0.6) is 0 Å². The van der Waals surface area contributed by atoms with Crippen molar-refractivity contribution in [3.63, 3.8) is 0 Å². The number of nitrogens with one attached hydrogen (secondary N) is 1. The second kappa shape index (κ2) is 8.83. The van der Waals surface area contributed by atoms with Gasteiger partial charge in [0.05, 0.1) is 4.92 Å². The lowest BCUT2D eigenvalue weighted by Gasteiger charge is -2.27. The molecule has 0 saturated heterocycles. The Hall–Kier alpha value is -1.67. The van der Waals surface area contributed by atoms with Crippen LogP contribution in [0.3, 0.4) is 0 Å². The van der Waals surface area contributed by atoms with Gasteiger partial charge in [0.15, 0.2) is 0 Å². The Kier molecular flexibility index (Phi) is 7.44. The second-order valence-electron chi connectivity index (χ2n) is 6.19. The van der Waals surface area contributed by atoms with Crippen LogP contribution >= 0.6 is 11.3 Å². The van der Waals surface area contributed by atoms with Crippen LogP contribution in [0.4, 0.5) is 9.80 Å². The smallest absolute Gasteiger partial charge is 0.410 e. The zero-order valence-corrected chi connectivity index (χ0v) is 14.9. The van der Waals surface area contributed by atoms with Crippen LogP contribution in [0.25, 0.3) is 0 Å². The molecule has 0 spiro atoms. The highest BCUT2D eigenvalue weighted by Crippen LogP contribution is 2.22. The fraction of sp³-hybridized carbons (Fsp3) is 0.667. The average Bonchev–Trinajstić information content (AvgIpc) is 2.89. The minimum atomic E-state index is -0.508. The molecule has 1 rings (SSSR count). The van der Waals surface area contributed by atoms with Gasteiger partial charge in [-0.2, -0.15) is 0 Å². The third kappa shape index (κ3) is 7.43. The quantitative estimate of drug-likeness (QED) is 0.444. The van der Waals surface area contributed by atoms with E-state index < -0.39 is 5.60 Å². The van der Waals surface area contributed by atoms with Crippen LogP contribution in [-0.2, 0) is 11.3 Å². The molecule has 0 unspecified atom stereocenters. The molecule has 1 amide bonds. The zero-order chi connectivity index (χ0) is 17.5. The molecule has 0 aliphatic rings. The van der Waals surface area contributed by atoms with Gasteiger partial charge in [-0.1, -0.05) is 18.3 Å². The van der Waals surface area contributed by atoms with Crippen LogP contribution in [0.2, 0.25) is 0 Å². The first kappa shape index (κ1) is 19.4. The first-order valence-electron chi connectivity index (χ1n) is 7.63. The van der Waals surface area contributed by atoms with E-state index in [2.05, 4.69) is 5.32 Å². The predicted molar refractivity (Wildman–Crippen MR) is 90.8 cm³/mol. The maximum Gasteiger partial charge on any atom is 0.410 e. The number of thiophene rings is 1. The average molecular weight is 343 g/mol. The predicted octanol–water partition coefficient (Wildman–Crippen LogP) is 3.39. The van der Waals surface area contributed by atoms with Gasteiger partial charge < -0.3 is 15.0 Å². The first-order valence-corrected chi connectivity index (χ1v) is 8.51. The molecule has 7 nitrogen and oxygen atoms in total. The highest BCUT2D eigenvalue weighted by molar-refractivity contribution is 7.13. The molecule has 1 N–H and O–H groups in total. The van der Waals surface area contributed by atoms with Gasteiger partial charge in [0, 0.05) is 37.6 Å². The Bertz CT molecular complexity index is 525. The Morgan fingerprint density at radius 3 is 2.65 bits per heavy atom. The zero-order valence-electron chi connectivity index (χ0n) is 14.1. The number of ether oxygens (including phenoxy) is 1. The van der Waals surface area contributed by atoms with Gasteiger partial charge >= 0.3 is 11.1 Å². The largest absolute Gasteiger partial charge is 0.444 e. The molecular formula is C15H25N3O4S. The minimum Gasteiger partial charge on any atom is -0.444 e.